The summed E-state index contributed by atoms with van der Waals surface area (Å²) >= 11 is 0. The van der Waals surface area contributed by atoms with Gasteiger partial charge in [0.25, 0.3) is 0 Å². The first-order valence-corrected chi connectivity index (χ1v) is 5.77. The molecule has 16 heavy (non-hydrogen) atoms. The van der Waals surface area contributed by atoms with E-state index in [0.29, 0.717) is 5.92 Å². The van der Waals surface area contributed by atoms with E-state index in [2.05, 4.69) is 37.8 Å². The van der Waals surface area contributed by atoms with Crippen molar-refractivity contribution in [2.75, 3.05) is 0 Å². The molecule has 1 rings (SSSR count). The molecule has 0 aromatic carbocycles. The summed E-state index contributed by atoms with van der Waals surface area (Å²) in [6.07, 6.45) is 0. The lowest BCUT2D eigenvalue weighted by Gasteiger charge is -2.37. The van der Waals surface area contributed by atoms with Crippen molar-refractivity contribution in [3.05, 3.63) is 11.6 Å². The van der Waals surface area contributed by atoms with Crippen LogP contribution in [0.25, 0.3) is 0 Å². The Bertz CT molecular complexity index is 369. The van der Waals surface area contributed by atoms with Gasteiger partial charge in [-0.15, -0.1) is 0 Å². The van der Waals surface area contributed by atoms with E-state index >= 15 is 0 Å². The van der Waals surface area contributed by atoms with Gasteiger partial charge in [-0.25, -0.2) is 4.98 Å². The lowest BCUT2D eigenvalue weighted by Crippen LogP contribution is -2.51. The summed E-state index contributed by atoms with van der Waals surface area (Å²) in [7, 11) is 1.93. The maximum Gasteiger partial charge on any atom is 0.153 e. The molecule has 1 aromatic rings. The maximum atomic E-state index is 6.22. The van der Waals surface area contributed by atoms with Crippen LogP contribution in [0.4, 0.5) is 0 Å². The summed E-state index contributed by atoms with van der Waals surface area (Å²) < 4.78 is 1.85. The van der Waals surface area contributed by atoms with Crippen LogP contribution >= 0.6 is 0 Å². The molecule has 0 unspecified atom stereocenters. The Kier molecular flexibility index (Phi) is 3.16. The number of hydrogen-bond acceptors (Lipinski definition) is 3. The van der Waals surface area contributed by atoms with Gasteiger partial charge >= 0.3 is 0 Å². The molecule has 0 aliphatic heterocycles. The van der Waals surface area contributed by atoms with Crippen molar-refractivity contribution in [1.82, 2.24) is 14.8 Å². The number of hydrogen-bond donors (Lipinski definition) is 1. The monoisotopic (exact) mass is 224 g/mol. The van der Waals surface area contributed by atoms with Gasteiger partial charge in [-0.1, -0.05) is 27.7 Å². The first kappa shape index (κ1) is 13.2. The largest absolute Gasteiger partial charge is 0.325 e. The first-order chi connectivity index (χ1) is 7.07. The Balaban J connectivity index is 3.23. The third-order valence-corrected chi connectivity index (χ3v) is 3.47. The van der Waals surface area contributed by atoms with E-state index in [1.54, 1.807) is 0 Å². The summed E-state index contributed by atoms with van der Waals surface area (Å²) in [5.41, 5.74) is 5.68. The number of rotatable bonds is 3. The van der Waals surface area contributed by atoms with Crippen molar-refractivity contribution in [3.8, 4) is 0 Å². The van der Waals surface area contributed by atoms with Crippen molar-refractivity contribution >= 4 is 0 Å². The molecule has 0 bridgehead atoms. The van der Waals surface area contributed by atoms with Crippen molar-refractivity contribution in [2.24, 2.45) is 12.8 Å². The Morgan fingerprint density at radius 3 is 2.00 bits per heavy atom. The van der Waals surface area contributed by atoms with E-state index in [-0.39, 0.29) is 11.0 Å². The van der Waals surface area contributed by atoms with Gasteiger partial charge < -0.3 is 5.73 Å². The van der Waals surface area contributed by atoms with E-state index in [9.17, 15) is 0 Å². The highest BCUT2D eigenvalue weighted by Gasteiger charge is 2.39. The highest BCUT2D eigenvalue weighted by atomic mass is 15.3. The van der Waals surface area contributed by atoms with Gasteiger partial charge in [0.15, 0.2) is 5.82 Å². The zero-order valence-electron chi connectivity index (χ0n) is 11.5. The Morgan fingerprint density at radius 1 is 1.19 bits per heavy atom. The zero-order chi connectivity index (χ0) is 12.7. The van der Waals surface area contributed by atoms with Crippen LogP contribution in [-0.2, 0) is 12.5 Å². The molecular weight excluding hydrogens is 200 g/mol. The predicted octanol–water partition coefficient (Wildman–Crippen LogP) is 1.95. The third kappa shape index (κ3) is 2.12. The topological polar surface area (TPSA) is 56.7 Å². The van der Waals surface area contributed by atoms with Crippen LogP contribution in [0.2, 0.25) is 0 Å². The molecule has 0 radical (unpaired) electrons. The van der Waals surface area contributed by atoms with E-state index in [4.69, 9.17) is 5.73 Å². The Morgan fingerprint density at radius 2 is 1.69 bits per heavy atom. The second-order valence-corrected chi connectivity index (χ2v) is 5.92. The van der Waals surface area contributed by atoms with Crippen LogP contribution in [0.15, 0.2) is 0 Å². The molecule has 92 valence electrons. The second-order valence-electron chi connectivity index (χ2n) is 5.92. The minimum Gasteiger partial charge on any atom is -0.325 e. The minimum absolute atomic E-state index is 0.206. The second kappa shape index (κ2) is 3.84. The zero-order valence-corrected chi connectivity index (χ0v) is 11.5. The molecule has 0 saturated heterocycles. The smallest absolute Gasteiger partial charge is 0.153 e. The highest BCUT2D eigenvalue weighted by molar-refractivity contribution is 5.15. The lowest BCUT2D eigenvalue weighted by atomic mass is 9.74. The van der Waals surface area contributed by atoms with Gasteiger partial charge in [-0.2, -0.15) is 5.10 Å². The van der Waals surface area contributed by atoms with Crippen LogP contribution < -0.4 is 5.73 Å². The summed E-state index contributed by atoms with van der Waals surface area (Å²) in [4.78, 5) is 4.62. The van der Waals surface area contributed by atoms with Crippen LogP contribution in [-0.4, -0.2) is 20.3 Å². The van der Waals surface area contributed by atoms with Crippen LogP contribution in [0.5, 0.6) is 0 Å². The average Bonchev–Trinajstić information content (AvgIpc) is 2.45. The van der Waals surface area contributed by atoms with Crippen molar-refractivity contribution in [3.63, 3.8) is 0 Å². The van der Waals surface area contributed by atoms with Gasteiger partial charge in [0, 0.05) is 23.9 Å². The van der Waals surface area contributed by atoms with Gasteiger partial charge in [-0.3, -0.25) is 4.68 Å². The fourth-order valence-corrected chi connectivity index (χ4v) is 1.48. The van der Waals surface area contributed by atoms with Gasteiger partial charge in [0.1, 0.15) is 5.82 Å². The van der Waals surface area contributed by atoms with Gasteiger partial charge in [0.2, 0.25) is 0 Å². The van der Waals surface area contributed by atoms with Crippen molar-refractivity contribution < 1.29 is 0 Å². The maximum absolute atomic E-state index is 6.22. The van der Waals surface area contributed by atoms with E-state index in [0.717, 1.165) is 11.6 Å². The average molecular weight is 224 g/mol. The fourth-order valence-electron chi connectivity index (χ4n) is 1.48. The third-order valence-electron chi connectivity index (χ3n) is 3.47. The number of nitrogens with two attached hydrogens (primary N) is 1. The Hall–Kier alpha value is -0.900. The molecule has 0 amide bonds. The number of aromatic nitrogens is 3. The molecule has 0 aliphatic carbocycles. The summed E-state index contributed by atoms with van der Waals surface area (Å²) in [5, 5.41) is 4.44. The normalized spacial score (nSPS) is 13.6. The summed E-state index contributed by atoms with van der Waals surface area (Å²) in [6, 6.07) is 0. The van der Waals surface area contributed by atoms with Crippen LogP contribution in [0.3, 0.4) is 0 Å². The fraction of sp³-hybridized carbons (Fsp3) is 0.833. The summed E-state index contributed by atoms with van der Waals surface area (Å²) in [5.74, 6) is 2.18. The van der Waals surface area contributed by atoms with Crippen molar-refractivity contribution in [2.45, 2.75) is 58.4 Å². The van der Waals surface area contributed by atoms with E-state index in [1.165, 1.54) is 0 Å². The van der Waals surface area contributed by atoms with E-state index in [1.807, 2.05) is 25.6 Å². The van der Waals surface area contributed by atoms with Gasteiger partial charge in [-0.05, 0) is 13.8 Å². The quantitative estimate of drug-likeness (QED) is 0.853. The number of aryl methyl sites for hydroxylation is 1. The highest BCUT2D eigenvalue weighted by Crippen LogP contribution is 2.31. The van der Waals surface area contributed by atoms with Crippen molar-refractivity contribution in [1.29, 1.82) is 0 Å². The molecule has 0 atom stereocenters. The predicted molar refractivity (Wildman–Crippen MR) is 66.4 cm³/mol. The van der Waals surface area contributed by atoms with Gasteiger partial charge in [0.05, 0.1) is 0 Å². The van der Waals surface area contributed by atoms with Crippen LogP contribution in [0, 0.1) is 0 Å². The lowest BCUT2D eigenvalue weighted by molar-refractivity contribution is 0.282. The first-order valence-electron chi connectivity index (χ1n) is 5.77. The number of nitrogens with zero attached hydrogens (tertiary/aromatic N) is 3. The molecule has 1 heterocycles. The molecule has 0 aliphatic rings. The molecule has 0 saturated carbocycles. The molecule has 1 aromatic heterocycles. The molecule has 0 spiro atoms. The molecule has 4 nitrogen and oxygen atoms in total. The molecule has 2 N–H and O–H groups in total. The molecule has 0 fully saturated rings. The summed E-state index contributed by atoms with van der Waals surface area (Å²) in [6.45, 7) is 12.5. The Labute approximate surface area is 98.2 Å². The van der Waals surface area contributed by atoms with Crippen LogP contribution in [0.1, 0.15) is 59.1 Å². The standard InChI is InChI=1S/C12H24N4/c1-8(2)9-14-10(16(7)15-9)11(3,4)12(5,6)13/h8H,13H2,1-7H3. The SMILES string of the molecule is CC(C)c1nc(C(C)(C)C(C)(C)N)n(C)n1. The minimum atomic E-state index is -0.331. The van der Waals surface area contributed by atoms with E-state index < -0.39 is 0 Å². The molecule has 4 heteroatoms. The molecular formula is C12H24N4.